The van der Waals surface area contributed by atoms with Crippen molar-refractivity contribution < 1.29 is 56.5 Å². The third-order valence-corrected chi connectivity index (χ3v) is 12.5. The summed E-state index contributed by atoms with van der Waals surface area (Å²) in [6.07, 6.45) is -4.88. The van der Waals surface area contributed by atoms with Crippen LogP contribution in [0.2, 0.25) is 0 Å². The summed E-state index contributed by atoms with van der Waals surface area (Å²) in [6.45, 7) is -1.09. The molecule has 0 spiro atoms. The minimum absolute atomic E-state index is 0.199. The predicted molar refractivity (Wildman–Crippen MR) is 167 cm³/mol. The van der Waals surface area contributed by atoms with Crippen LogP contribution in [0.25, 0.3) is 27.7 Å². The molecule has 20 heteroatoms. The summed E-state index contributed by atoms with van der Waals surface area (Å²) >= 11 is 3.35. The molecule has 1 fully saturated rings. The number of hydrogen-bond acceptors (Lipinski definition) is 14. The number of rotatable bonds is 11. The number of benzene rings is 3. The Kier molecular flexibility index (Phi) is 9.81. The van der Waals surface area contributed by atoms with E-state index < -0.39 is 66.2 Å². The van der Waals surface area contributed by atoms with Gasteiger partial charge in [-0.05, 0) is 34.5 Å². The van der Waals surface area contributed by atoms with Crippen LogP contribution in [0.5, 0.6) is 0 Å². The van der Waals surface area contributed by atoms with Crippen molar-refractivity contribution >= 4 is 55.6 Å². The van der Waals surface area contributed by atoms with Crippen molar-refractivity contribution in [3.05, 3.63) is 106 Å². The summed E-state index contributed by atoms with van der Waals surface area (Å²) in [4.78, 5) is 54.9. The van der Waals surface area contributed by atoms with Crippen LogP contribution in [0, 0.1) is 0 Å². The van der Waals surface area contributed by atoms with Crippen LogP contribution in [0.15, 0.2) is 94.5 Å². The average molecular weight is 783 g/mol. The monoisotopic (exact) mass is 782 g/mol. The molecule has 0 saturated carbocycles. The number of phosphoric acid groups is 2. The molecular formula is C28H24BrN3O13P3-3. The van der Waals surface area contributed by atoms with Gasteiger partial charge in [-0.25, -0.2) is 14.1 Å². The van der Waals surface area contributed by atoms with E-state index in [2.05, 4.69) is 34.1 Å². The van der Waals surface area contributed by atoms with Crippen molar-refractivity contribution in [1.29, 1.82) is 0 Å². The van der Waals surface area contributed by atoms with Crippen molar-refractivity contribution in [2.45, 2.75) is 30.7 Å². The molecule has 0 amide bonds. The van der Waals surface area contributed by atoms with Gasteiger partial charge in [0.1, 0.15) is 31.6 Å². The van der Waals surface area contributed by atoms with Crippen molar-refractivity contribution in [3.8, 4) is 11.3 Å². The molecule has 3 aromatic carbocycles. The minimum Gasteiger partial charge on any atom is -0.778 e. The highest BCUT2D eigenvalue weighted by Crippen LogP contribution is 2.63. The van der Waals surface area contributed by atoms with Crippen molar-refractivity contribution in [2.24, 2.45) is 0 Å². The second-order valence-electron chi connectivity index (χ2n) is 10.7. The third-order valence-electron chi connectivity index (χ3n) is 7.36. The van der Waals surface area contributed by atoms with Gasteiger partial charge < -0.3 is 38.7 Å². The van der Waals surface area contributed by atoms with Gasteiger partial charge in [0.15, 0.2) is 6.23 Å². The maximum atomic E-state index is 13.3. The smallest absolute Gasteiger partial charge is 0.336 e. The quantitative estimate of drug-likeness (QED) is 0.183. The second-order valence-corrected chi connectivity index (χ2v) is 16.5. The lowest BCUT2D eigenvalue weighted by Crippen LogP contribution is -2.37. The zero-order valence-electron chi connectivity index (χ0n) is 24.3. The first kappa shape index (κ1) is 35.0. The van der Waals surface area contributed by atoms with E-state index >= 15 is 0 Å². The summed E-state index contributed by atoms with van der Waals surface area (Å²) in [5, 5.41) is 22.3. The van der Waals surface area contributed by atoms with Crippen LogP contribution in [-0.4, -0.2) is 49.1 Å². The normalized spacial score (nSPS) is 23.5. The van der Waals surface area contributed by atoms with Gasteiger partial charge in [0, 0.05) is 28.6 Å². The Morgan fingerprint density at radius 2 is 1.60 bits per heavy atom. The van der Waals surface area contributed by atoms with E-state index in [4.69, 9.17) is 4.74 Å². The molecule has 1 saturated heterocycles. The molecule has 254 valence electrons. The van der Waals surface area contributed by atoms with Gasteiger partial charge in [-0.15, -0.1) is 0 Å². The zero-order chi connectivity index (χ0) is 34.4. The van der Waals surface area contributed by atoms with Crippen LogP contribution >= 0.6 is 39.2 Å². The zero-order valence-corrected chi connectivity index (χ0v) is 28.5. The van der Waals surface area contributed by atoms with E-state index in [1.165, 1.54) is 28.9 Å². The molecule has 2 N–H and O–H groups in total. The second kappa shape index (κ2) is 13.5. The molecule has 1 aliphatic rings. The number of nitrogens with zero attached hydrogens (tertiary/aromatic N) is 3. The van der Waals surface area contributed by atoms with Crippen LogP contribution in [0.3, 0.4) is 0 Å². The van der Waals surface area contributed by atoms with Gasteiger partial charge in [-0.3, -0.25) is 22.4 Å². The van der Waals surface area contributed by atoms with E-state index in [1.807, 2.05) is 0 Å². The molecule has 4 unspecified atom stereocenters. The summed E-state index contributed by atoms with van der Waals surface area (Å²) in [6, 6.07) is 20.0. The Morgan fingerprint density at radius 3 is 2.35 bits per heavy atom. The Bertz CT molecular complexity index is 2190. The standard InChI is InChI=1S/C28H27BrN3O13P3/c29-20-10-8-18(9-11-20)22-14-32-24(30-22)12-13-31(28(32)35)27-26(34)25(33)23(43-27)15-42-47(38,39)45-48(40,41)44-46(36,37)16-19-6-3-5-17-4-1-2-7-21(17)19/h1-14,23,25-27,33-34H,15-16H2,(H,36,37)(H,38,39)(H,40,41)/p-3/t23-,25?,26+,27-/m1/s1. The Morgan fingerprint density at radius 1 is 0.896 bits per heavy atom. The SMILES string of the molecule is O=c1n([C@@H]2O[C@H](COP(=O)([O-])OP(=O)([O-])OP(=O)([O-])Cc3cccc4ccccc34)C(O)[C@@H]2O)ccc2nc(-c3ccc(Br)cc3)cn12. The van der Waals surface area contributed by atoms with E-state index in [-0.39, 0.29) is 11.2 Å². The highest BCUT2D eigenvalue weighted by atomic mass is 79.9. The Labute approximate surface area is 279 Å². The number of aliphatic hydroxyl groups excluding tert-OH is 2. The number of ether oxygens (including phenoxy) is 1. The van der Waals surface area contributed by atoms with Crippen molar-refractivity contribution in [1.82, 2.24) is 14.0 Å². The number of aliphatic hydroxyl groups is 2. The van der Waals surface area contributed by atoms with Crippen molar-refractivity contribution in [3.63, 3.8) is 0 Å². The Balaban J connectivity index is 1.10. The fourth-order valence-electron chi connectivity index (χ4n) is 5.20. The lowest BCUT2D eigenvalue weighted by atomic mass is 10.1. The number of imidazole rings is 1. The van der Waals surface area contributed by atoms with E-state index in [1.54, 1.807) is 60.7 Å². The van der Waals surface area contributed by atoms with Gasteiger partial charge in [-0.1, -0.05) is 70.5 Å². The Hall–Kier alpha value is -2.85. The summed E-state index contributed by atoms with van der Waals surface area (Å²) in [5.74, 6) is 0. The van der Waals surface area contributed by atoms with E-state index in [9.17, 15) is 43.4 Å². The van der Waals surface area contributed by atoms with E-state index in [0.717, 1.165) is 14.6 Å². The molecule has 2 aromatic heterocycles. The van der Waals surface area contributed by atoms with Gasteiger partial charge >= 0.3 is 5.69 Å². The third kappa shape index (κ3) is 7.64. The highest BCUT2D eigenvalue weighted by Gasteiger charge is 2.45. The van der Waals surface area contributed by atoms with Crippen LogP contribution in [-0.2, 0) is 37.7 Å². The van der Waals surface area contributed by atoms with Crippen LogP contribution in [0.4, 0.5) is 0 Å². The van der Waals surface area contributed by atoms with Gasteiger partial charge in [0.25, 0.3) is 15.6 Å². The fourth-order valence-corrected chi connectivity index (χ4v) is 9.49. The summed E-state index contributed by atoms with van der Waals surface area (Å²) < 4.78 is 58.4. The maximum absolute atomic E-state index is 13.3. The highest BCUT2D eigenvalue weighted by molar-refractivity contribution is 9.10. The first-order valence-electron chi connectivity index (χ1n) is 14.0. The minimum atomic E-state index is -6.07. The molecule has 16 nitrogen and oxygen atoms in total. The lowest BCUT2D eigenvalue weighted by molar-refractivity contribution is -0.246. The number of aromatic nitrogens is 3. The topological polar surface area (TPSA) is 237 Å². The van der Waals surface area contributed by atoms with Gasteiger partial charge in [0.2, 0.25) is 0 Å². The average Bonchev–Trinajstić information content (AvgIpc) is 3.57. The molecule has 48 heavy (non-hydrogen) atoms. The number of halogens is 1. The molecule has 1 aliphatic heterocycles. The van der Waals surface area contributed by atoms with Crippen LogP contribution < -0.4 is 20.4 Å². The molecule has 6 rings (SSSR count). The summed E-state index contributed by atoms with van der Waals surface area (Å²) in [7, 11) is -17.2. The number of fused-ring (bicyclic) bond motifs is 2. The maximum Gasteiger partial charge on any atom is 0.336 e. The molecule has 3 heterocycles. The molecule has 0 bridgehead atoms. The van der Waals surface area contributed by atoms with Gasteiger partial charge in [-0.2, -0.15) is 0 Å². The fraction of sp³-hybridized carbons (Fsp3) is 0.214. The predicted octanol–water partition coefficient (Wildman–Crippen LogP) is 2.44. The molecule has 5 aromatic rings. The first-order valence-corrected chi connectivity index (χ1v) is 19.4. The summed E-state index contributed by atoms with van der Waals surface area (Å²) in [5.41, 5.74) is 0.955. The van der Waals surface area contributed by atoms with Gasteiger partial charge in [0.05, 0.1) is 12.3 Å². The first-order chi connectivity index (χ1) is 22.6. The van der Waals surface area contributed by atoms with Crippen molar-refractivity contribution in [2.75, 3.05) is 6.61 Å². The largest absolute Gasteiger partial charge is 0.778 e. The number of hydrogen-bond donors (Lipinski definition) is 2. The lowest BCUT2D eigenvalue weighted by Gasteiger charge is -2.35. The van der Waals surface area contributed by atoms with E-state index in [0.29, 0.717) is 16.5 Å². The number of phosphoric ester groups is 1. The molecule has 7 atom stereocenters. The molecule has 0 aliphatic carbocycles. The molecule has 0 radical (unpaired) electrons. The van der Waals surface area contributed by atoms with Crippen LogP contribution in [0.1, 0.15) is 11.8 Å². The molecular weight excluding hydrogens is 759 g/mol.